The molecule has 0 bridgehead atoms. The molecule has 98 valence electrons. The van der Waals surface area contributed by atoms with E-state index in [1.165, 1.54) is 4.90 Å². The topological polar surface area (TPSA) is 49.8 Å². The van der Waals surface area contributed by atoms with Crippen LogP contribution in [0.25, 0.3) is 0 Å². The minimum atomic E-state index is -0.137. The number of methoxy groups -OCH3 is 1. The van der Waals surface area contributed by atoms with Crippen molar-refractivity contribution in [2.75, 3.05) is 26.8 Å². The highest BCUT2D eigenvalue weighted by atomic mass is 16.5. The van der Waals surface area contributed by atoms with Gasteiger partial charge in [-0.25, -0.2) is 0 Å². The van der Waals surface area contributed by atoms with E-state index >= 15 is 0 Å². The van der Waals surface area contributed by atoms with Crippen molar-refractivity contribution in [1.82, 2.24) is 4.90 Å². The van der Waals surface area contributed by atoms with Gasteiger partial charge in [-0.15, -0.1) is 6.58 Å². The second-order valence-corrected chi connectivity index (χ2v) is 3.95. The zero-order valence-corrected chi connectivity index (χ0v) is 10.8. The van der Waals surface area contributed by atoms with E-state index in [0.717, 1.165) is 5.56 Å². The van der Waals surface area contributed by atoms with Gasteiger partial charge in [-0.3, -0.25) is 4.79 Å². The van der Waals surface area contributed by atoms with Gasteiger partial charge in [0.05, 0.1) is 13.7 Å². The zero-order chi connectivity index (χ0) is 13.5. The van der Waals surface area contributed by atoms with Crippen molar-refractivity contribution in [2.45, 2.75) is 6.92 Å². The molecule has 1 aromatic rings. The number of rotatable bonds is 6. The molecule has 1 N–H and O–H groups in total. The molecular weight excluding hydrogens is 230 g/mol. The highest BCUT2D eigenvalue weighted by Gasteiger charge is 2.15. The van der Waals surface area contributed by atoms with Crippen LogP contribution in [0.3, 0.4) is 0 Å². The lowest BCUT2D eigenvalue weighted by molar-refractivity contribution is 0.0742. The third kappa shape index (κ3) is 3.34. The molecule has 0 radical (unpaired) electrons. The van der Waals surface area contributed by atoms with Crippen LogP contribution < -0.4 is 4.74 Å². The smallest absolute Gasteiger partial charge is 0.254 e. The summed E-state index contributed by atoms with van der Waals surface area (Å²) in [5.74, 6) is 0.547. The third-order valence-corrected chi connectivity index (χ3v) is 2.66. The Morgan fingerprint density at radius 3 is 2.83 bits per heavy atom. The van der Waals surface area contributed by atoms with Gasteiger partial charge in [0.1, 0.15) is 5.75 Å². The van der Waals surface area contributed by atoms with Crippen molar-refractivity contribution in [3.63, 3.8) is 0 Å². The Kier molecular flexibility index (Phi) is 5.39. The van der Waals surface area contributed by atoms with E-state index in [-0.39, 0.29) is 12.5 Å². The highest BCUT2D eigenvalue weighted by Crippen LogP contribution is 2.20. The molecule has 1 aromatic carbocycles. The molecule has 0 aromatic heterocycles. The molecule has 1 amide bonds. The third-order valence-electron chi connectivity index (χ3n) is 2.66. The van der Waals surface area contributed by atoms with Gasteiger partial charge in [-0.2, -0.15) is 0 Å². The van der Waals surface area contributed by atoms with Crippen LogP contribution in [0.1, 0.15) is 15.9 Å². The first kappa shape index (κ1) is 14.3. The van der Waals surface area contributed by atoms with E-state index in [1.54, 1.807) is 25.3 Å². The number of aliphatic hydroxyl groups is 1. The average molecular weight is 249 g/mol. The molecule has 0 atom stereocenters. The van der Waals surface area contributed by atoms with Gasteiger partial charge < -0.3 is 14.7 Å². The molecule has 18 heavy (non-hydrogen) atoms. The molecule has 0 saturated heterocycles. The molecule has 0 aliphatic rings. The number of amides is 1. The lowest BCUT2D eigenvalue weighted by Crippen LogP contribution is -2.33. The minimum Gasteiger partial charge on any atom is -0.496 e. The fraction of sp³-hybridized carbons (Fsp3) is 0.357. The number of ether oxygens (including phenoxy) is 1. The second kappa shape index (κ2) is 6.81. The van der Waals surface area contributed by atoms with Crippen molar-refractivity contribution in [2.24, 2.45) is 0 Å². The summed E-state index contributed by atoms with van der Waals surface area (Å²) in [6.07, 6.45) is 1.64. The number of carbonyl (C=O) groups excluding carboxylic acids is 1. The summed E-state index contributed by atoms with van der Waals surface area (Å²) in [6, 6.07) is 5.32. The van der Waals surface area contributed by atoms with Crippen LogP contribution in [0.4, 0.5) is 0 Å². The van der Waals surface area contributed by atoms with E-state index in [2.05, 4.69) is 6.58 Å². The molecule has 0 spiro atoms. The van der Waals surface area contributed by atoms with E-state index < -0.39 is 0 Å². The van der Waals surface area contributed by atoms with E-state index in [0.29, 0.717) is 24.4 Å². The lowest BCUT2D eigenvalue weighted by atomic mass is 10.1. The maximum Gasteiger partial charge on any atom is 0.254 e. The summed E-state index contributed by atoms with van der Waals surface area (Å²) in [6.45, 7) is 6.16. The van der Waals surface area contributed by atoms with Gasteiger partial charge in [0.25, 0.3) is 5.91 Å². The molecule has 0 aliphatic heterocycles. The van der Waals surface area contributed by atoms with Crippen LogP contribution in [0.2, 0.25) is 0 Å². The Morgan fingerprint density at radius 1 is 1.56 bits per heavy atom. The van der Waals surface area contributed by atoms with Crippen molar-refractivity contribution in [3.8, 4) is 5.75 Å². The molecule has 0 unspecified atom stereocenters. The second-order valence-electron chi connectivity index (χ2n) is 3.95. The summed E-state index contributed by atoms with van der Waals surface area (Å²) < 4.78 is 5.20. The zero-order valence-electron chi connectivity index (χ0n) is 10.8. The van der Waals surface area contributed by atoms with Gasteiger partial charge in [0.2, 0.25) is 0 Å². The first-order chi connectivity index (χ1) is 8.63. The predicted molar refractivity (Wildman–Crippen MR) is 70.9 cm³/mol. The Hall–Kier alpha value is -1.81. The SMILES string of the molecule is C=CCN(CCO)C(=O)c1ccc(C)c(OC)c1. The van der Waals surface area contributed by atoms with Crippen LogP contribution in [-0.4, -0.2) is 42.7 Å². The van der Waals surface area contributed by atoms with Crippen molar-refractivity contribution in [3.05, 3.63) is 42.0 Å². The minimum absolute atomic E-state index is 0.0669. The summed E-state index contributed by atoms with van der Waals surface area (Å²) in [4.78, 5) is 13.8. The van der Waals surface area contributed by atoms with Crippen LogP contribution in [0, 0.1) is 6.92 Å². The van der Waals surface area contributed by atoms with Crippen LogP contribution in [0.15, 0.2) is 30.9 Å². The summed E-state index contributed by atoms with van der Waals surface area (Å²) in [5.41, 5.74) is 1.53. The monoisotopic (exact) mass is 249 g/mol. The Balaban J connectivity index is 2.96. The molecule has 0 heterocycles. The molecular formula is C14H19NO3. The van der Waals surface area contributed by atoms with Crippen molar-refractivity contribution < 1.29 is 14.6 Å². The number of hydrogen-bond donors (Lipinski definition) is 1. The average Bonchev–Trinajstić information content (AvgIpc) is 2.38. The number of aliphatic hydroxyl groups excluding tert-OH is 1. The van der Waals surface area contributed by atoms with Gasteiger partial charge in [-0.05, 0) is 24.6 Å². The number of carbonyl (C=O) groups is 1. The fourth-order valence-electron chi connectivity index (χ4n) is 1.69. The van der Waals surface area contributed by atoms with Gasteiger partial charge in [-0.1, -0.05) is 12.1 Å². The molecule has 0 aliphatic carbocycles. The highest BCUT2D eigenvalue weighted by molar-refractivity contribution is 5.94. The number of aryl methyl sites for hydroxylation is 1. The molecule has 0 fully saturated rings. The van der Waals surface area contributed by atoms with Gasteiger partial charge in [0, 0.05) is 18.7 Å². The Morgan fingerprint density at radius 2 is 2.28 bits per heavy atom. The largest absolute Gasteiger partial charge is 0.496 e. The quantitative estimate of drug-likeness (QED) is 0.779. The van der Waals surface area contributed by atoms with Crippen LogP contribution >= 0.6 is 0 Å². The lowest BCUT2D eigenvalue weighted by Gasteiger charge is -2.20. The van der Waals surface area contributed by atoms with Crippen molar-refractivity contribution >= 4 is 5.91 Å². The van der Waals surface area contributed by atoms with Crippen LogP contribution in [-0.2, 0) is 0 Å². The Bertz CT molecular complexity index is 429. The van der Waals surface area contributed by atoms with E-state index in [1.807, 2.05) is 13.0 Å². The van der Waals surface area contributed by atoms with Crippen molar-refractivity contribution in [1.29, 1.82) is 0 Å². The van der Waals surface area contributed by atoms with Gasteiger partial charge >= 0.3 is 0 Å². The predicted octanol–water partition coefficient (Wildman–Crippen LogP) is 1.62. The summed E-state index contributed by atoms with van der Waals surface area (Å²) >= 11 is 0. The molecule has 1 rings (SSSR count). The molecule has 0 saturated carbocycles. The maximum atomic E-state index is 12.2. The summed E-state index contributed by atoms with van der Waals surface area (Å²) in [7, 11) is 1.58. The number of nitrogens with zero attached hydrogens (tertiary/aromatic N) is 1. The maximum absolute atomic E-state index is 12.2. The summed E-state index contributed by atoms with van der Waals surface area (Å²) in [5, 5.41) is 8.95. The first-order valence-corrected chi connectivity index (χ1v) is 5.79. The first-order valence-electron chi connectivity index (χ1n) is 5.79. The number of benzene rings is 1. The normalized spacial score (nSPS) is 9.94. The van der Waals surface area contributed by atoms with E-state index in [9.17, 15) is 4.79 Å². The molecule has 4 nitrogen and oxygen atoms in total. The standard InChI is InChI=1S/C14H19NO3/c1-4-7-15(8-9-16)14(17)12-6-5-11(2)13(10-12)18-3/h4-6,10,16H,1,7-9H2,2-3H3. The van der Waals surface area contributed by atoms with Gasteiger partial charge in [0.15, 0.2) is 0 Å². The van der Waals surface area contributed by atoms with Crippen LogP contribution in [0.5, 0.6) is 5.75 Å². The Labute approximate surface area is 107 Å². The van der Waals surface area contributed by atoms with E-state index in [4.69, 9.17) is 9.84 Å². The fourth-order valence-corrected chi connectivity index (χ4v) is 1.69. The molecule has 4 heteroatoms. The number of hydrogen-bond acceptors (Lipinski definition) is 3.